The van der Waals surface area contributed by atoms with E-state index in [1.54, 1.807) is 0 Å². The number of fused-ring (bicyclic) bond motifs is 5. The van der Waals surface area contributed by atoms with E-state index in [2.05, 4.69) is 76.7 Å². The maximum atomic E-state index is 7.35. The zero-order chi connectivity index (χ0) is 17.1. The first kappa shape index (κ1) is 14.1. The predicted molar refractivity (Wildman–Crippen MR) is 104 cm³/mol. The smallest absolute Gasteiger partial charge is 0.188 e. The summed E-state index contributed by atoms with van der Waals surface area (Å²) in [6, 6.07) is 21.4. The second-order valence-electron chi connectivity index (χ2n) is 6.77. The Bertz CT molecular complexity index is 1190. The van der Waals surface area contributed by atoms with E-state index in [0.717, 1.165) is 10.9 Å². The summed E-state index contributed by atoms with van der Waals surface area (Å²) in [7, 11) is 0. The lowest BCUT2D eigenvalue weighted by Gasteiger charge is -2.35. The van der Waals surface area contributed by atoms with Crippen molar-refractivity contribution in [1.29, 1.82) is 0 Å². The van der Waals surface area contributed by atoms with E-state index in [4.69, 9.17) is 6.57 Å². The minimum Gasteiger partial charge on any atom is -0.335 e. The molecule has 0 unspecified atom stereocenters. The molecular weight excluding hydrogens is 306 g/mol. The summed E-state index contributed by atoms with van der Waals surface area (Å²) in [5, 5.41) is 2.35. The molecule has 1 aromatic heterocycles. The second-order valence-corrected chi connectivity index (χ2v) is 6.77. The van der Waals surface area contributed by atoms with Crippen molar-refractivity contribution in [2.75, 3.05) is 4.90 Å². The molecule has 0 saturated heterocycles. The fraction of sp³-hybridized carbons (Fsp3) is 0.136. The van der Waals surface area contributed by atoms with E-state index < -0.39 is 0 Å². The van der Waals surface area contributed by atoms with Crippen LogP contribution >= 0.6 is 0 Å². The summed E-state index contributed by atoms with van der Waals surface area (Å²) in [5.74, 6) is 0. The van der Waals surface area contributed by atoms with Crippen molar-refractivity contribution in [2.24, 2.45) is 0 Å². The molecule has 5 rings (SSSR count). The maximum absolute atomic E-state index is 7.35. The lowest BCUT2D eigenvalue weighted by atomic mass is 10.1. The van der Waals surface area contributed by atoms with Gasteiger partial charge in [-0.1, -0.05) is 30.3 Å². The molecule has 0 atom stereocenters. The first-order chi connectivity index (χ1) is 12.2. The Kier molecular flexibility index (Phi) is 2.75. The van der Waals surface area contributed by atoms with Crippen LogP contribution in [0, 0.1) is 6.57 Å². The number of anilines is 2. The number of para-hydroxylation sites is 3. The topological polar surface area (TPSA) is 12.5 Å². The van der Waals surface area contributed by atoms with Crippen molar-refractivity contribution in [3.05, 3.63) is 72.1 Å². The molecule has 3 aromatic carbocycles. The fourth-order valence-electron chi connectivity index (χ4n) is 4.10. The van der Waals surface area contributed by atoms with E-state index in [0.29, 0.717) is 11.7 Å². The molecule has 0 amide bonds. The molecule has 1 aliphatic heterocycles. The minimum absolute atomic E-state index is 0.359. The zero-order valence-electron chi connectivity index (χ0n) is 14.2. The highest BCUT2D eigenvalue weighted by Gasteiger charge is 2.28. The van der Waals surface area contributed by atoms with Crippen molar-refractivity contribution >= 4 is 38.9 Å². The summed E-state index contributed by atoms with van der Waals surface area (Å²) < 4.78 is 2.35. The van der Waals surface area contributed by atoms with Crippen LogP contribution in [0.1, 0.15) is 13.8 Å². The highest BCUT2D eigenvalue weighted by atomic mass is 15.2. The van der Waals surface area contributed by atoms with Crippen LogP contribution in [-0.2, 0) is 0 Å². The van der Waals surface area contributed by atoms with Gasteiger partial charge in [0.05, 0.1) is 34.7 Å². The van der Waals surface area contributed by atoms with E-state index >= 15 is 0 Å². The SMILES string of the molecule is [C-]#[N+]c1ccc2c(c1)c1cccc3c1n2-c1ccccc1N3C(C)C. The van der Waals surface area contributed by atoms with Gasteiger partial charge < -0.3 is 9.47 Å². The average molecular weight is 323 g/mol. The van der Waals surface area contributed by atoms with Gasteiger partial charge >= 0.3 is 0 Å². The molecule has 120 valence electrons. The number of hydrogen-bond acceptors (Lipinski definition) is 1. The van der Waals surface area contributed by atoms with Crippen molar-refractivity contribution in [3.8, 4) is 5.69 Å². The molecule has 0 N–H and O–H groups in total. The summed E-state index contributed by atoms with van der Waals surface area (Å²) >= 11 is 0. The molecule has 0 bridgehead atoms. The standard InChI is InChI=1S/C22H17N3/c1-14(2)24-19-8-4-5-9-20(19)25-18-12-11-15(23-3)13-17(18)16-7-6-10-21(24)22(16)25/h4-14H,1-2H3. The zero-order valence-corrected chi connectivity index (χ0v) is 14.2. The van der Waals surface area contributed by atoms with Gasteiger partial charge in [0.2, 0.25) is 0 Å². The molecule has 0 saturated carbocycles. The van der Waals surface area contributed by atoms with Crippen LogP contribution in [0.5, 0.6) is 0 Å². The first-order valence-electron chi connectivity index (χ1n) is 8.54. The van der Waals surface area contributed by atoms with Crippen LogP contribution < -0.4 is 4.90 Å². The molecular formula is C22H17N3. The summed E-state index contributed by atoms with van der Waals surface area (Å²) in [4.78, 5) is 6.03. The van der Waals surface area contributed by atoms with Crippen LogP contribution in [-0.4, -0.2) is 10.6 Å². The number of aromatic nitrogens is 1. The van der Waals surface area contributed by atoms with Crippen LogP contribution in [0.15, 0.2) is 60.7 Å². The van der Waals surface area contributed by atoms with E-state index in [9.17, 15) is 0 Å². The Morgan fingerprint density at radius 3 is 2.36 bits per heavy atom. The van der Waals surface area contributed by atoms with E-state index in [-0.39, 0.29) is 0 Å². The molecule has 3 heteroatoms. The van der Waals surface area contributed by atoms with Crippen LogP contribution in [0.3, 0.4) is 0 Å². The van der Waals surface area contributed by atoms with Gasteiger partial charge in [0.25, 0.3) is 0 Å². The molecule has 1 aliphatic rings. The molecule has 0 radical (unpaired) electrons. The van der Waals surface area contributed by atoms with Gasteiger partial charge in [-0.3, -0.25) is 0 Å². The molecule has 0 fully saturated rings. The lowest BCUT2D eigenvalue weighted by molar-refractivity contribution is 0.781. The van der Waals surface area contributed by atoms with Crippen molar-refractivity contribution < 1.29 is 0 Å². The first-order valence-corrected chi connectivity index (χ1v) is 8.54. The highest BCUT2D eigenvalue weighted by Crippen LogP contribution is 2.47. The summed E-state index contributed by atoms with van der Waals surface area (Å²) in [5.41, 5.74) is 6.73. The third-order valence-electron chi connectivity index (χ3n) is 5.04. The van der Waals surface area contributed by atoms with Gasteiger partial charge in [0, 0.05) is 11.4 Å². The third-order valence-corrected chi connectivity index (χ3v) is 5.04. The van der Waals surface area contributed by atoms with Crippen LogP contribution in [0.25, 0.3) is 32.3 Å². The number of benzene rings is 3. The molecule has 25 heavy (non-hydrogen) atoms. The van der Waals surface area contributed by atoms with Gasteiger partial charge in [-0.15, -0.1) is 0 Å². The molecule has 2 heterocycles. The quantitative estimate of drug-likeness (QED) is 0.380. The molecule has 0 aliphatic carbocycles. The van der Waals surface area contributed by atoms with Gasteiger partial charge in [0.1, 0.15) is 0 Å². The van der Waals surface area contributed by atoms with Crippen LogP contribution in [0.2, 0.25) is 0 Å². The van der Waals surface area contributed by atoms with E-state index in [1.165, 1.54) is 28.0 Å². The third kappa shape index (κ3) is 1.74. The Labute approximate surface area is 146 Å². The largest absolute Gasteiger partial charge is 0.335 e. The Balaban J connectivity index is 2.04. The molecule has 4 aromatic rings. The molecule has 0 spiro atoms. The summed E-state index contributed by atoms with van der Waals surface area (Å²) in [6.07, 6.45) is 0. The molecule has 3 nitrogen and oxygen atoms in total. The predicted octanol–water partition coefficient (Wildman–Crippen LogP) is 6.19. The maximum Gasteiger partial charge on any atom is 0.188 e. The van der Waals surface area contributed by atoms with E-state index in [1.807, 2.05) is 12.1 Å². The Morgan fingerprint density at radius 2 is 1.60 bits per heavy atom. The van der Waals surface area contributed by atoms with Gasteiger partial charge in [-0.25, -0.2) is 4.85 Å². The fourth-order valence-corrected chi connectivity index (χ4v) is 4.10. The monoisotopic (exact) mass is 323 g/mol. The van der Waals surface area contributed by atoms with Crippen molar-refractivity contribution in [2.45, 2.75) is 19.9 Å². The normalized spacial score (nSPS) is 12.6. The summed E-state index contributed by atoms with van der Waals surface area (Å²) in [6.45, 7) is 11.8. The number of hydrogen-bond donors (Lipinski definition) is 0. The average Bonchev–Trinajstić information content (AvgIpc) is 2.97. The number of nitrogens with zero attached hydrogens (tertiary/aromatic N) is 3. The van der Waals surface area contributed by atoms with Crippen molar-refractivity contribution in [3.63, 3.8) is 0 Å². The Morgan fingerprint density at radius 1 is 0.840 bits per heavy atom. The Hall–Kier alpha value is -3.25. The van der Waals surface area contributed by atoms with Gasteiger partial charge in [0.15, 0.2) is 5.69 Å². The lowest BCUT2D eigenvalue weighted by Crippen LogP contribution is -2.29. The highest BCUT2D eigenvalue weighted by molar-refractivity contribution is 6.16. The second kappa shape index (κ2) is 4.87. The van der Waals surface area contributed by atoms with Gasteiger partial charge in [-0.2, -0.15) is 0 Å². The number of rotatable bonds is 1. The van der Waals surface area contributed by atoms with Crippen LogP contribution in [0.4, 0.5) is 17.1 Å². The van der Waals surface area contributed by atoms with Gasteiger partial charge in [-0.05, 0) is 49.6 Å². The minimum atomic E-state index is 0.359. The van der Waals surface area contributed by atoms with Crippen molar-refractivity contribution in [1.82, 2.24) is 4.57 Å².